The number of nitrogens with two attached hydrogens (primary N) is 1. The van der Waals surface area contributed by atoms with Gasteiger partial charge in [-0.2, -0.15) is 0 Å². The quantitative estimate of drug-likeness (QED) is 0.818. The van der Waals surface area contributed by atoms with Crippen molar-refractivity contribution in [1.29, 1.82) is 0 Å². The molecule has 3 N–H and O–H groups in total. The van der Waals surface area contributed by atoms with Crippen LogP contribution in [-0.4, -0.2) is 19.3 Å². The molecule has 1 aliphatic carbocycles. The Morgan fingerprint density at radius 1 is 1.24 bits per heavy atom. The van der Waals surface area contributed by atoms with Crippen molar-refractivity contribution < 1.29 is 4.74 Å². The molecule has 3 atom stereocenters. The SMILES string of the molecule is NC1CC(NC2CCCOC2)c2ccccc21. The van der Waals surface area contributed by atoms with Crippen LogP contribution >= 0.6 is 0 Å². The Morgan fingerprint density at radius 2 is 2.06 bits per heavy atom. The second-order valence-electron chi connectivity index (χ2n) is 5.10. The Morgan fingerprint density at radius 3 is 2.82 bits per heavy atom. The van der Waals surface area contributed by atoms with Gasteiger partial charge in [0.1, 0.15) is 0 Å². The fourth-order valence-electron chi connectivity index (χ4n) is 2.99. The van der Waals surface area contributed by atoms with Crippen LogP contribution in [-0.2, 0) is 4.74 Å². The van der Waals surface area contributed by atoms with Gasteiger partial charge < -0.3 is 15.8 Å². The third-order valence-electron chi connectivity index (χ3n) is 3.86. The molecule has 17 heavy (non-hydrogen) atoms. The summed E-state index contributed by atoms with van der Waals surface area (Å²) in [6.07, 6.45) is 3.39. The largest absolute Gasteiger partial charge is 0.380 e. The second-order valence-corrected chi connectivity index (χ2v) is 5.10. The van der Waals surface area contributed by atoms with E-state index < -0.39 is 0 Å². The third kappa shape index (κ3) is 2.23. The fourth-order valence-corrected chi connectivity index (χ4v) is 2.99. The maximum Gasteiger partial charge on any atom is 0.0619 e. The van der Waals surface area contributed by atoms with Gasteiger partial charge in [0.2, 0.25) is 0 Å². The molecule has 3 heteroatoms. The lowest BCUT2D eigenvalue weighted by Gasteiger charge is -2.27. The van der Waals surface area contributed by atoms with E-state index in [0.717, 1.165) is 26.1 Å². The van der Waals surface area contributed by atoms with Crippen molar-refractivity contribution >= 4 is 0 Å². The van der Waals surface area contributed by atoms with E-state index in [9.17, 15) is 0 Å². The van der Waals surface area contributed by atoms with Crippen molar-refractivity contribution in [2.24, 2.45) is 5.73 Å². The molecule has 0 saturated carbocycles. The van der Waals surface area contributed by atoms with Gasteiger partial charge in [0, 0.05) is 24.7 Å². The first-order valence-corrected chi connectivity index (χ1v) is 6.53. The monoisotopic (exact) mass is 232 g/mol. The average molecular weight is 232 g/mol. The smallest absolute Gasteiger partial charge is 0.0619 e. The Kier molecular flexibility index (Phi) is 3.14. The minimum atomic E-state index is 0.188. The summed E-state index contributed by atoms with van der Waals surface area (Å²) in [5, 5.41) is 3.70. The van der Waals surface area contributed by atoms with E-state index in [4.69, 9.17) is 10.5 Å². The summed E-state index contributed by atoms with van der Waals surface area (Å²) in [5.41, 5.74) is 8.86. The molecule has 3 rings (SSSR count). The van der Waals surface area contributed by atoms with E-state index >= 15 is 0 Å². The lowest BCUT2D eigenvalue weighted by molar-refractivity contribution is 0.0661. The summed E-state index contributed by atoms with van der Waals surface area (Å²) in [5.74, 6) is 0. The van der Waals surface area contributed by atoms with E-state index in [2.05, 4.69) is 29.6 Å². The van der Waals surface area contributed by atoms with E-state index in [1.165, 1.54) is 17.5 Å². The molecule has 1 fully saturated rings. The van der Waals surface area contributed by atoms with Gasteiger partial charge in [0.05, 0.1) is 6.61 Å². The molecule has 3 unspecified atom stereocenters. The predicted molar refractivity (Wildman–Crippen MR) is 67.7 cm³/mol. The van der Waals surface area contributed by atoms with Crippen LogP contribution in [0.2, 0.25) is 0 Å². The first-order valence-electron chi connectivity index (χ1n) is 6.53. The van der Waals surface area contributed by atoms with Gasteiger partial charge in [0.15, 0.2) is 0 Å². The van der Waals surface area contributed by atoms with Gasteiger partial charge in [-0.1, -0.05) is 24.3 Å². The maximum atomic E-state index is 6.17. The van der Waals surface area contributed by atoms with E-state index in [-0.39, 0.29) is 6.04 Å². The third-order valence-corrected chi connectivity index (χ3v) is 3.86. The van der Waals surface area contributed by atoms with Crippen LogP contribution in [0.4, 0.5) is 0 Å². The number of benzene rings is 1. The summed E-state index contributed by atoms with van der Waals surface area (Å²) in [6.45, 7) is 1.76. The highest BCUT2D eigenvalue weighted by molar-refractivity contribution is 5.37. The molecule has 1 aromatic rings. The first-order chi connectivity index (χ1) is 8.34. The van der Waals surface area contributed by atoms with Crippen molar-refractivity contribution in [3.05, 3.63) is 35.4 Å². The molecule has 3 nitrogen and oxygen atoms in total. The average Bonchev–Trinajstić information content (AvgIpc) is 2.69. The zero-order chi connectivity index (χ0) is 11.7. The molecule has 0 aromatic heterocycles. The molecule has 1 saturated heterocycles. The fraction of sp³-hybridized carbons (Fsp3) is 0.571. The zero-order valence-corrected chi connectivity index (χ0v) is 10.1. The molecule has 2 aliphatic rings. The van der Waals surface area contributed by atoms with Crippen molar-refractivity contribution in [1.82, 2.24) is 5.32 Å². The van der Waals surface area contributed by atoms with E-state index in [0.29, 0.717) is 12.1 Å². The van der Waals surface area contributed by atoms with Gasteiger partial charge in [0.25, 0.3) is 0 Å². The minimum absolute atomic E-state index is 0.188. The van der Waals surface area contributed by atoms with Gasteiger partial charge in [-0.05, 0) is 30.4 Å². The summed E-state index contributed by atoms with van der Waals surface area (Å²) in [6, 6.07) is 9.62. The van der Waals surface area contributed by atoms with Crippen LogP contribution in [0, 0.1) is 0 Å². The van der Waals surface area contributed by atoms with E-state index in [1.54, 1.807) is 0 Å². The van der Waals surface area contributed by atoms with Crippen LogP contribution in [0.25, 0.3) is 0 Å². The number of hydrogen-bond acceptors (Lipinski definition) is 3. The molecule has 1 heterocycles. The van der Waals surface area contributed by atoms with Gasteiger partial charge in [-0.15, -0.1) is 0 Å². The molecule has 0 amide bonds. The Labute approximate surface area is 102 Å². The highest BCUT2D eigenvalue weighted by Crippen LogP contribution is 2.37. The standard InChI is InChI=1S/C14H20N2O/c15-13-8-14(12-6-2-1-5-11(12)13)16-10-4-3-7-17-9-10/h1-2,5-6,10,13-14,16H,3-4,7-9,15H2. The van der Waals surface area contributed by atoms with Crippen LogP contribution in [0.3, 0.4) is 0 Å². The molecule has 0 bridgehead atoms. The van der Waals surface area contributed by atoms with Gasteiger partial charge in [-0.25, -0.2) is 0 Å². The lowest BCUT2D eigenvalue weighted by Crippen LogP contribution is -2.38. The normalized spacial score (nSPS) is 32.4. The van der Waals surface area contributed by atoms with E-state index in [1.807, 2.05) is 0 Å². The maximum absolute atomic E-state index is 6.17. The molecule has 0 radical (unpaired) electrons. The van der Waals surface area contributed by atoms with Crippen LogP contribution in [0.5, 0.6) is 0 Å². The number of nitrogens with one attached hydrogen (secondary N) is 1. The lowest BCUT2D eigenvalue weighted by atomic mass is 10.1. The zero-order valence-electron chi connectivity index (χ0n) is 10.1. The molecule has 92 valence electrons. The van der Waals surface area contributed by atoms with Crippen molar-refractivity contribution in [3.63, 3.8) is 0 Å². The Balaban J connectivity index is 1.72. The summed E-state index contributed by atoms with van der Waals surface area (Å²) >= 11 is 0. The summed E-state index contributed by atoms with van der Waals surface area (Å²) in [4.78, 5) is 0. The van der Waals surface area contributed by atoms with Crippen LogP contribution < -0.4 is 11.1 Å². The number of hydrogen-bond donors (Lipinski definition) is 2. The number of rotatable bonds is 2. The molecule has 1 aliphatic heterocycles. The molecule has 0 spiro atoms. The van der Waals surface area contributed by atoms with Crippen LogP contribution in [0.1, 0.15) is 42.5 Å². The van der Waals surface area contributed by atoms with Crippen LogP contribution in [0.15, 0.2) is 24.3 Å². The summed E-state index contributed by atoms with van der Waals surface area (Å²) < 4.78 is 5.51. The Hall–Kier alpha value is -0.900. The second kappa shape index (κ2) is 4.77. The number of fused-ring (bicyclic) bond motifs is 1. The molecular weight excluding hydrogens is 212 g/mol. The highest BCUT2D eigenvalue weighted by Gasteiger charge is 2.30. The topological polar surface area (TPSA) is 47.3 Å². The minimum Gasteiger partial charge on any atom is -0.380 e. The highest BCUT2D eigenvalue weighted by atomic mass is 16.5. The van der Waals surface area contributed by atoms with Crippen molar-refractivity contribution in [2.45, 2.75) is 37.4 Å². The van der Waals surface area contributed by atoms with Crippen molar-refractivity contribution in [2.75, 3.05) is 13.2 Å². The number of ether oxygens (including phenoxy) is 1. The van der Waals surface area contributed by atoms with Gasteiger partial charge in [-0.3, -0.25) is 0 Å². The Bertz CT molecular complexity index is 388. The molecule has 1 aromatic carbocycles. The predicted octanol–water partition coefficient (Wildman–Crippen LogP) is 1.90. The van der Waals surface area contributed by atoms with Gasteiger partial charge >= 0.3 is 0 Å². The molecular formula is C14H20N2O. The van der Waals surface area contributed by atoms with Crippen molar-refractivity contribution in [3.8, 4) is 0 Å². The summed E-state index contributed by atoms with van der Waals surface area (Å²) in [7, 11) is 0. The first kappa shape index (κ1) is 11.2.